The van der Waals surface area contributed by atoms with Gasteiger partial charge in [-0.3, -0.25) is 19.7 Å². The number of halogens is 2. The lowest BCUT2D eigenvalue weighted by atomic mass is 10.1. The molecule has 0 spiro atoms. The van der Waals surface area contributed by atoms with E-state index < -0.39 is 34.3 Å². The maximum absolute atomic E-state index is 14.0. The molecule has 2 aromatic rings. The van der Waals surface area contributed by atoms with Crippen LogP contribution in [0.4, 0.5) is 25.8 Å². The number of anilines is 2. The Morgan fingerprint density at radius 2 is 2.04 bits per heavy atom. The number of hydrogen-bond acceptors (Lipinski definition) is 5. The number of nitrogens with one attached hydrogen (secondary N) is 1. The Hall–Kier alpha value is -3.56. The fraction of sp³-hybridized carbons (Fsp3) is 0.222. The van der Waals surface area contributed by atoms with Gasteiger partial charge >= 0.3 is 0 Å². The minimum atomic E-state index is -0.908. The summed E-state index contributed by atoms with van der Waals surface area (Å²) in [6, 6.07) is 6.52. The fourth-order valence-electron chi connectivity index (χ4n) is 2.96. The molecule has 1 heterocycles. The van der Waals surface area contributed by atoms with Gasteiger partial charge in [-0.25, -0.2) is 8.78 Å². The van der Waals surface area contributed by atoms with Gasteiger partial charge in [-0.15, -0.1) is 0 Å². The second kappa shape index (κ2) is 7.59. The third-order valence-corrected chi connectivity index (χ3v) is 4.35. The van der Waals surface area contributed by atoms with Crippen molar-refractivity contribution >= 4 is 28.9 Å². The normalized spacial score (nSPS) is 16.2. The zero-order valence-corrected chi connectivity index (χ0v) is 14.6. The minimum absolute atomic E-state index is 0.0839. The third-order valence-electron chi connectivity index (χ3n) is 4.35. The van der Waals surface area contributed by atoms with Gasteiger partial charge in [-0.05, 0) is 18.2 Å². The lowest BCUT2D eigenvalue weighted by Gasteiger charge is -2.17. The minimum Gasteiger partial charge on any atom is -0.495 e. The number of nitro benzene ring substituents is 1. The summed E-state index contributed by atoms with van der Waals surface area (Å²) in [6.07, 6.45) is -0.181. The van der Waals surface area contributed by atoms with Crippen LogP contribution in [-0.2, 0) is 9.59 Å². The molecule has 2 amide bonds. The zero-order valence-electron chi connectivity index (χ0n) is 14.6. The lowest BCUT2D eigenvalue weighted by Crippen LogP contribution is -2.28. The van der Waals surface area contributed by atoms with Crippen LogP contribution in [0.1, 0.15) is 6.42 Å². The van der Waals surface area contributed by atoms with Gasteiger partial charge in [0.1, 0.15) is 17.4 Å². The first kappa shape index (κ1) is 19.2. The average molecular weight is 391 g/mol. The molecule has 28 heavy (non-hydrogen) atoms. The predicted molar refractivity (Wildman–Crippen MR) is 95.1 cm³/mol. The van der Waals surface area contributed by atoms with Crippen LogP contribution in [0, 0.1) is 27.7 Å². The SMILES string of the molecule is COc1ccc([N+](=O)[O-])cc1NC(=O)C1CC(=O)N(c2ccc(F)cc2F)C1. The van der Waals surface area contributed by atoms with Crippen LogP contribution in [0.25, 0.3) is 0 Å². The highest BCUT2D eigenvalue weighted by Crippen LogP contribution is 2.32. The molecule has 146 valence electrons. The summed E-state index contributed by atoms with van der Waals surface area (Å²) in [7, 11) is 1.34. The highest BCUT2D eigenvalue weighted by atomic mass is 19.1. The maximum Gasteiger partial charge on any atom is 0.271 e. The highest BCUT2D eigenvalue weighted by Gasteiger charge is 2.36. The first-order valence-corrected chi connectivity index (χ1v) is 8.19. The van der Waals surface area contributed by atoms with Gasteiger partial charge < -0.3 is 15.0 Å². The highest BCUT2D eigenvalue weighted by molar-refractivity contribution is 6.04. The quantitative estimate of drug-likeness (QED) is 0.624. The number of nitro groups is 1. The summed E-state index contributed by atoms with van der Waals surface area (Å²) >= 11 is 0. The van der Waals surface area contributed by atoms with Crippen molar-refractivity contribution < 1.29 is 28.0 Å². The predicted octanol–water partition coefficient (Wildman–Crippen LogP) is 2.87. The first-order chi connectivity index (χ1) is 13.3. The molecular weight excluding hydrogens is 376 g/mol. The molecule has 8 nitrogen and oxygen atoms in total. The van der Waals surface area contributed by atoms with Crippen LogP contribution in [0.15, 0.2) is 36.4 Å². The van der Waals surface area contributed by atoms with Gasteiger partial charge in [0.05, 0.1) is 29.3 Å². The van der Waals surface area contributed by atoms with E-state index in [0.717, 1.165) is 23.1 Å². The topological polar surface area (TPSA) is 102 Å². The summed E-state index contributed by atoms with van der Waals surface area (Å²) in [5.41, 5.74) is -0.274. The molecule has 0 aliphatic carbocycles. The van der Waals surface area contributed by atoms with Crippen LogP contribution in [0.2, 0.25) is 0 Å². The zero-order chi connectivity index (χ0) is 20.4. The Balaban J connectivity index is 1.78. The molecule has 1 fully saturated rings. The van der Waals surface area contributed by atoms with Gasteiger partial charge in [0.2, 0.25) is 11.8 Å². The van der Waals surface area contributed by atoms with E-state index in [0.29, 0.717) is 6.07 Å². The van der Waals surface area contributed by atoms with Crippen molar-refractivity contribution in [3.8, 4) is 5.75 Å². The van der Waals surface area contributed by atoms with E-state index in [1.54, 1.807) is 0 Å². The van der Waals surface area contributed by atoms with E-state index >= 15 is 0 Å². The van der Waals surface area contributed by atoms with Crippen molar-refractivity contribution in [3.05, 3.63) is 58.1 Å². The molecular formula is C18H15F2N3O5. The number of rotatable bonds is 5. The Labute approximate surface area is 157 Å². The number of benzene rings is 2. The largest absolute Gasteiger partial charge is 0.495 e. The number of non-ortho nitro benzene ring substituents is 1. The molecule has 0 bridgehead atoms. The molecule has 3 rings (SSSR count). The van der Waals surface area contributed by atoms with E-state index in [2.05, 4.69) is 5.32 Å². The molecule has 1 N–H and O–H groups in total. The van der Waals surface area contributed by atoms with Crippen molar-refractivity contribution in [1.82, 2.24) is 0 Å². The molecule has 10 heteroatoms. The van der Waals surface area contributed by atoms with Crippen LogP contribution >= 0.6 is 0 Å². The monoisotopic (exact) mass is 391 g/mol. The molecule has 1 unspecified atom stereocenters. The lowest BCUT2D eigenvalue weighted by molar-refractivity contribution is -0.384. The number of carbonyl (C=O) groups is 2. The maximum atomic E-state index is 14.0. The molecule has 1 aliphatic rings. The number of carbonyl (C=O) groups excluding carboxylic acids is 2. The molecule has 1 atom stereocenters. The Morgan fingerprint density at radius 3 is 2.68 bits per heavy atom. The van der Waals surface area contributed by atoms with Crippen molar-refractivity contribution in [3.63, 3.8) is 0 Å². The number of ether oxygens (including phenoxy) is 1. The van der Waals surface area contributed by atoms with Crippen molar-refractivity contribution in [1.29, 1.82) is 0 Å². The standard InChI is InChI=1S/C18H15F2N3O5/c1-28-16-5-3-12(23(26)27)8-14(16)21-18(25)10-6-17(24)22(9-10)15-4-2-11(19)7-13(15)20/h2-5,7-8,10H,6,9H2,1H3,(H,21,25). The average Bonchev–Trinajstić information content (AvgIpc) is 3.03. The summed E-state index contributed by atoms with van der Waals surface area (Å²) in [5, 5.41) is 13.4. The van der Waals surface area contributed by atoms with Crippen molar-refractivity contribution in [2.75, 3.05) is 23.9 Å². The van der Waals surface area contributed by atoms with E-state index in [9.17, 15) is 28.5 Å². The van der Waals surface area contributed by atoms with Crippen LogP contribution in [0.3, 0.4) is 0 Å². The number of nitrogens with zero attached hydrogens (tertiary/aromatic N) is 2. The van der Waals surface area contributed by atoms with E-state index in [4.69, 9.17) is 4.74 Å². The van der Waals surface area contributed by atoms with Gasteiger partial charge in [0.15, 0.2) is 0 Å². The van der Waals surface area contributed by atoms with Gasteiger partial charge in [0.25, 0.3) is 5.69 Å². The summed E-state index contributed by atoms with van der Waals surface area (Å²) in [6.45, 7) is -0.107. The molecule has 0 saturated carbocycles. The van der Waals surface area contributed by atoms with Crippen LogP contribution in [-0.4, -0.2) is 30.4 Å². The molecule has 0 radical (unpaired) electrons. The Bertz CT molecular complexity index is 966. The summed E-state index contributed by atoms with van der Waals surface area (Å²) < 4.78 is 32.1. The van der Waals surface area contributed by atoms with E-state index in [1.165, 1.54) is 19.2 Å². The van der Waals surface area contributed by atoms with Crippen LogP contribution in [0.5, 0.6) is 5.75 Å². The van der Waals surface area contributed by atoms with Gasteiger partial charge in [-0.2, -0.15) is 0 Å². The Morgan fingerprint density at radius 1 is 1.29 bits per heavy atom. The van der Waals surface area contributed by atoms with Crippen molar-refractivity contribution in [2.45, 2.75) is 6.42 Å². The third kappa shape index (κ3) is 3.75. The number of hydrogen-bond donors (Lipinski definition) is 1. The Kier molecular flexibility index (Phi) is 5.21. The molecule has 0 aromatic heterocycles. The molecule has 1 saturated heterocycles. The van der Waals surface area contributed by atoms with E-state index in [1.807, 2.05) is 0 Å². The second-order valence-corrected chi connectivity index (χ2v) is 6.13. The molecule has 2 aromatic carbocycles. The fourth-order valence-corrected chi connectivity index (χ4v) is 2.96. The summed E-state index contributed by atoms with van der Waals surface area (Å²) in [4.78, 5) is 36.2. The van der Waals surface area contributed by atoms with E-state index in [-0.39, 0.29) is 35.8 Å². The number of methoxy groups -OCH3 is 1. The first-order valence-electron chi connectivity index (χ1n) is 8.19. The second-order valence-electron chi connectivity index (χ2n) is 6.13. The molecule has 1 aliphatic heterocycles. The van der Waals surface area contributed by atoms with Crippen molar-refractivity contribution in [2.24, 2.45) is 5.92 Å². The summed E-state index contributed by atoms with van der Waals surface area (Å²) in [5.74, 6) is -3.35. The van der Waals surface area contributed by atoms with Gasteiger partial charge in [-0.1, -0.05) is 0 Å². The smallest absolute Gasteiger partial charge is 0.271 e. The van der Waals surface area contributed by atoms with Crippen LogP contribution < -0.4 is 15.0 Å². The number of amides is 2. The van der Waals surface area contributed by atoms with Gasteiger partial charge in [0, 0.05) is 31.2 Å².